The molecule has 0 saturated heterocycles. The summed E-state index contributed by atoms with van der Waals surface area (Å²) in [6.45, 7) is 0.0510. The number of fused-ring (bicyclic) bond motifs is 1. The Balaban J connectivity index is 2.35. The molecule has 1 aliphatic heterocycles. The number of halogens is 1. The highest BCUT2D eigenvalue weighted by Crippen LogP contribution is 2.33. The first-order valence-electron chi connectivity index (χ1n) is 5.86. The number of anilines is 1. The van der Waals surface area contributed by atoms with E-state index in [-0.39, 0.29) is 35.9 Å². The first kappa shape index (κ1) is 15.0. The third kappa shape index (κ3) is 3.01. The molecule has 108 valence electrons. The van der Waals surface area contributed by atoms with Crippen molar-refractivity contribution >= 4 is 43.3 Å². The molecule has 0 bridgehead atoms. The SMILES string of the molecule is O=C(O)CCC(=O)N1CCS(=O)(=O)c2cc(Br)ccc21. The Morgan fingerprint density at radius 1 is 1.30 bits per heavy atom. The summed E-state index contributed by atoms with van der Waals surface area (Å²) >= 11 is 3.20. The molecule has 0 spiro atoms. The highest BCUT2D eigenvalue weighted by molar-refractivity contribution is 9.10. The van der Waals surface area contributed by atoms with Gasteiger partial charge in [-0.1, -0.05) is 15.9 Å². The highest BCUT2D eigenvalue weighted by atomic mass is 79.9. The molecule has 20 heavy (non-hydrogen) atoms. The molecule has 2 rings (SSSR count). The van der Waals surface area contributed by atoms with Crippen LogP contribution in [0.15, 0.2) is 27.6 Å². The van der Waals surface area contributed by atoms with Gasteiger partial charge >= 0.3 is 5.97 Å². The Morgan fingerprint density at radius 3 is 2.65 bits per heavy atom. The van der Waals surface area contributed by atoms with E-state index < -0.39 is 15.8 Å². The van der Waals surface area contributed by atoms with Gasteiger partial charge in [0.05, 0.1) is 22.8 Å². The van der Waals surface area contributed by atoms with Crippen molar-refractivity contribution in [2.75, 3.05) is 17.2 Å². The van der Waals surface area contributed by atoms with Gasteiger partial charge in [0.15, 0.2) is 9.84 Å². The zero-order valence-corrected chi connectivity index (χ0v) is 12.8. The van der Waals surface area contributed by atoms with Crippen molar-refractivity contribution < 1.29 is 23.1 Å². The number of carbonyl (C=O) groups is 2. The van der Waals surface area contributed by atoms with Gasteiger partial charge in [0.25, 0.3) is 0 Å². The number of amides is 1. The third-order valence-corrected chi connectivity index (χ3v) is 5.20. The van der Waals surface area contributed by atoms with Crippen molar-refractivity contribution in [1.29, 1.82) is 0 Å². The molecule has 0 saturated carbocycles. The molecule has 0 fully saturated rings. The lowest BCUT2D eigenvalue weighted by Crippen LogP contribution is -2.39. The Labute approximate surface area is 124 Å². The van der Waals surface area contributed by atoms with E-state index in [0.717, 1.165) is 0 Å². The van der Waals surface area contributed by atoms with Crippen molar-refractivity contribution in [3.05, 3.63) is 22.7 Å². The summed E-state index contributed by atoms with van der Waals surface area (Å²) in [5.74, 6) is -1.60. The maximum Gasteiger partial charge on any atom is 0.303 e. The van der Waals surface area contributed by atoms with Crippen LogP contribution in [-0.4, -0.2) is 37.7 Å². The molecule has 0 aliphatic carbocycles. The summed E-state index contributed by atoms with van der Waals surface area (Å²) in [5.41, 5.74) is 0.315. The van der Waals surface area contributed by atoms with Gasteiger partial charge in [-0.25, -0.2) is 8.42 Å². The van der Waals surface area contributed by atoms with E-state index in [1.165, 1.54) is 11.0 Å². The minimum atomic E-state index is -3.40. The van der Waals surface area contributed by atoms with Crippen LogP contribution in [0.4, 0.5) is 5.69 Å². The third-order valence-electron chi connectivity index (χ3n) is 2.99. The average molecular weight is 362 g/mol. The summed E-state index contributed by atoms with van der Waals surface area (Å²) in [7, 11) is -3.40. The standard InChI is InChI=1S/C12H12BrNO5S/c13-8-1-2-9-10(7-8)20(18,19)6-5-14(9)11(15)3-4-12(16)17/h1-2,7H,3-6H2,(H,16,17). The molecule has 0 radical (unpaired) electrons. The number of carbonyl (C=O) groups excluding carboxylic acids is 1. The Bertz CT molecular complexity index is 670. The number of nitrogens with zero attached hydrogens (tertiary/aromatic N) is 1. The topological polar surface area (TPSA) is 91.8 Å². The number of rotatable bonds is 3. The zero-order chi connectivity index (χ0) is 14.9. The molecular formula is C12H12BrNO5S. The van der Waals surface area contributed by atoms with Gasteiger partial charge in [0.1, 0.15) is 0 Å². The summed E-state index contributed by atoms with van der Waals surface area (Å²) in [4.78, 5) is 24.0. The van der Waals surface area contributed by atoms with Crippen molar-refractivity contribution in [2.45, 2.75) is 17.7 Å². The fourth-order valence-electron chi connectivity index (χ4n) is 2.01. The maximum absolute atomic E-state index is 12.0. The van der Waals surface area contributed by atoms with Crippen LogP contribution in [0, 0.1) is 0 Å². The second kappa shape index (κ2) is 5.53. The van der Waals surface area contributed by atoms with E-state index in [0.29, 0.717) is 10.2 Å². The predicted octanol–water partition coefficient (Wildman–Crippen LogP) is 1.43. The van der Waals surface area contributed by atoms with E-state index in [2.05, 4.69) is 15.9 Å². The van der Waals surface area contributed by atoms with Crippen molar-refractivity contribution in [3.63, 3.8) is 0 Å². The quantitative estimate of drug-likeness (QED) is 0.879. The van der Waals surface area contributed by atoms with Crippen LogP contribution in [0.2, 0.25) is 0 Å². The fraction of sp³-hybridized carbons (Fsp3) is 0.333. The summed E-state index contributed by atoms with van der Waals surface area (Å²) in [5, 5.41) is 8.60. The van der Waals surface area contributed by atoms with Gasteiger partial charge in [-0.3, -0.25) is 9.59 Å². The van der Waals surface area contributed by atoms with Crippen LogP contribution in [0.25, 0.3) is 0 Å². The number of carboxylic acids is 1. The van der Waals surface area contributed by atoms with Crippen LogP contribution in [0.1, 0.15) is 12.8 Å². The van der Waals surface area contributed by atoms with Gasteiger partial charge in [-0.2, -0.15) is 0 Å². The van der Waals surface area contributed by atoms with Crippen LogP contribution < -0.4 is 4.90 Å². The van der Waals surface area contributed by atoms with Crippen LogP contribution in [0.5, 0.6) is 0 Å². The normalized spacial score (nSPS) is 16.6. The summed E-state index contributed by atoms with van der Waals surface area (Å²) < 4.78 is 24.6. The zero-order valence-electron chi connectivity index (χ0n) is 10.4. The fourth-order valence-corrected chi connectivity index (χ4v) is 3.97. The van der Waals surface area contributed by atoms with Gasteiger partial charge in [0, 0.05) is 17.4 Å². The molecule has 0 atom stereocenters. The molecule has 1 heterocycles. The molecule has 1 aliphatic rings. The van der Waals surface area contributed by atoms with E-state index in [1.807, 2.05) is 0 Å². The second-order valence-corrected chi connectivity index (χ2v) is 7.36. The van der Waals surface area contributed by atoms with E-state index in [1.54, 1.807) is 12.1 Å². The Morgan fingerprint density at radius 2 is 2.00 bits per heavy atom. The molecule has 8 heteroatoms. The minimum absolute atomic E-state index is 0.0510. The predicted molar refractivity (Wildman–Crippen MR) is 75.4 cm³/mol. The smallest absolute Gasteiger partial charge is 0.303 e. The van der Waals surface area contributed by atoms with Crippen LogP contribution >= 0.6 is 15.9 Å². The van der Waals surface area contributed by atoms with Crippen molar-refractivity contribution in [2.24, 2.45) is 0 Å². The molecule has 1 aromatic carbocycles. The number of hydrogen-bond donors (Lipinski definition) is 1. The molecule has 0 aromatic heterocycles. The summed E-state index contributed by atoms with van der Waals surface area (Å²) in [6, 6.07) is 4.66. The second-order valence-electron chi connectivity index (χ2n) is 4.37. The number of carboxylic acid groups (broad SMARTS) is 1. The van der Waals surface area contributed by atoms with Gasteiger partial charge in [-0.05, 0) is 18.2 Å². The van der Waals surface area contributed by atoms with E-state index >= 15 is 0 Å². The van der Waals surface area contributed by atoms with Crippen LogP contribution in [-0.2, 0) is 19.4 Å². The van der Waals surface area contributed by atoms with Crippen molar-refractivity contribution in [1.82, 2.24) is 0 Å². The molecule has 1 N–H and O–H groups in total. The lowest BCUT2D eigenvalue weighted by atomic mass is 10.2. The maximum atomic E-state index is 12.0. The molecule has 0 unspecified atom stereocenters. The molecular weight excluding hydrogens is 350 g/mol. The Hall–Kier alpha value is -1.41. The minimum Gasteiger partial charge on any atom is -0.481 e. The Kier molecular flexibility index (Phi) is 4.14. The number of benzene rings is 1. The van der Waals surface area contributed by atoms with E-state index in [9.17, 15) is 18.0 Å². The summed E-state index contributed by atoms with van der Waals surface area (Å²) in [6.07, 6.45) is -0.418. The largest absolute Gasteiger partial charge is 0.481 e. The molecule has 6 nitrogen and oxygen atoms in total. The number of sulfone groups is 1. The van der Waals surface area contributed by atoms with Gasteiger partial charge in [0.2, 0.25) is 5.91 Å². The first-order valence-corrected chi connectivity index (χ1v) is 8.30. The van der Waals surface area contributed by atoms with Crippen molar-refractivity contribution in [3.8, 4) is 0 Å². The lowest BCUT2D eigenvalue weighted by Gasteiger charge is -2.29. The highest BCUT2D eigenvalue weighted by Gasteiger charge is 2.31. The van der Waals surface area contributed by atoms with E-state index in [4.69, 9.17) is 5.11 Å². The van der Waals surface area contributed by atoms with Crippen LogP contribution in [0.3, 0.4) is 0 Å². The van der Waals surface area contributed by atoms with Gasteiger partial charge in [-0.15, -0.1) is 0 Å². The first-order chi connectivity index (χ1) is 9.31. The lowest BCUT2D eigenvalue weighted by molar-refractivity contribution is -0.138. The number of hydrogen-bond acceptors (Lipinski definition) is 4. The monoisotopic (exact) mass is 361 g/mol. The molecule has 1 aromatic rings. The van der Waals surface area contributed by atoms with Gasteiger partial charge < -0.3 is 10.0 Å². The average Bonchev–Trinajstić information content (AvgIpc) is 2.37. The number of aliphatic carboxylic acids is 1. The molecule has 1 amide bonds.